The van der Waals surface area contributed by atoms with Gasteiger partial charge in [0, 0.05) is 43.9 Å². The van der Waals surface area contributed by atoms with Gasteiger partial charge in [0.25, 0.3) is 5.91 Å². The van der Waals surface area contributed by atoms with Crippen LogP contribution in [0.5, 0.6) is 5.75 Å². The van der Waals surface area contributed by atoms with Crippen LogP contribution in [-0.2, 0) is 0 Å². The van der Waals surface area contributed by atoms with Crippen LogP contribution in [0.25, 0.3) is 22.3 Å². The SMILES string of the molecule is COc1ccccc1N1CCN(CCCNC(=O)c2cccc3c(=O)c(C)c(-c4ccc(C)cc4)oc23)CC1. The van der Waals surface area contributed by atoms with E-state index in [1.54, 1.807) is 32.2 Å². The first-order chi connectivity index (χ1) is 19.0. The highest BCUT2D eigenvalue weighted by atomic mass is 16.5. The van der Waals surface area contributed by atoms with Crippen molar-refractivity contribution in [1.29, 1.82) is 0 Å². The molecule has 7 heteroatoms. The van der Waals surface area contributed by atoms with E-state index in [-0.39, 0.29) is 11.3 Å². The number of anilines is 1. The van der Waals surface area contributed by atoms with Crippen LogP contribution in [0.1, 0.15) is 27.9 Å². The van der Waals surface area contributed by atoms with Crippen molar-refractivity contribution >= 4 is 22.6 Å². The third kappa shape index (κ3) is 5.68. The van der Waals surface area contributed by atoms with Crippen LogP contribution < -0.4 is 20.4 Å². The number of nitrogens with one attached hydrogen (secondary N) is 1. The summed E-state index contributed by atoms with van der Waals surface area (Å²) in [7, 11) is 1.71. The van der Waals surface area contributed by atoms with Gasteiger partial charge in [-0.3, -0.25) is 14.5 Å². The fraction of sp³-hybridized carbons (Fsp3) is 0.312. The van der Waals surface area contributed by atoms with Crippen molar-refractivity contribution in [3.05, 3.63) is 93.6 Å². The summed E-state index contributed by atoms with van der Waals surface area (Å²) >= 11 is 0. The van der Waals surface area contributed by atoms with E-state index >= 15 is 0 Å². The molecule has 3 aromatic carbocycles. The number of hydrogen-bond acceptors (Lipinski definition) is 6. The molecule has 0 saturated carbocycles. The van der Waals surface area contributed by atoms with E-state index in [0.29, 0.717) is 34.4 Å². The number of hydrogen-bond donors (Lipinski definition) is 1. The van der Waals surface area contributed by atoms with Gasteiger partial charge in [-0.2, -0.15) is 0 Å². The molecule has 1 saturated heterocycles. The van der Waals surface area contributed by atoms with Crippen molar-refractivity contribution in [3.8, 4) is 17.1 Å². The largest absolute Gasteiger partial charge is 0.495 e. The molecule has 1 fully saturated rings. The number of carbonyl (C=O) groups excluding carboxylic acids is 1. The van der Waals surface area contributed by atoms with E-state index in [1.165, 1.54) is 0 Å². The van der Waals surface area contributed by atoms with Crippen LogP contribution in [0.2, 0.25) is 0 Å². The zero-order valence-electron chi connectivity index (χ0n) is 22.8. The van der Waals surface area contributed by atoms with E-state index in [9.17, 15) is 9.59 Å². The number of ether oxygens (including phenoxy) is 1. The molecule has 2 heterocycles. The van der Waals surface area contributed by atoms with E-state index in [0.717, 1.165) is 61.7 Å². The highest BCUT2D eigenvalue weighted by molar-refractivity contribution is 6.05. The average Bonchev–Trinajstić information content (AvgIpc) is 2.97. The first kappa shape index (κ1) is 26.5. The standard InChI is InChI=1S/C32H35N3O4/c1-22-12-14-24(15-13-22)30-23(2)29(36)25-8-6-9-26(31(25)39-30)32(37)33-16-7-17-34-18-20-35(21-19-34)27-10-4-5-11-28(27)38-3/h4-6,8-15H,7,16-21H2,1-3H3,(H,33,37). The summed E-state index contributed by atoms with van der Waals surface area (Å²) in [4.78, 5) is 31.1. The first-order valence-electron chi connectivity index (χ1n) is 13.5. The Labute approximate surface area is 229 Å². The zero-order chi connectivity index (χ0) is 27.4. The van der Waals surface area contributed by atoms with E-state index in [2.05, 4.69) is 21.2 Å². The van der Waals surface area contributed by atoms with Crippen molar-refractivity contribution in [3.63, 3.8) is 0 Å². The quantitative estimate of drug-likeness (QED) is 0.326. The average molecular weight is 526 g/mol. The summed E-state index contributed by atoms with van der Waals surface area (Å²) < 4.78 is 11.7. The Morgan fingerprint density at radius 3 is 2.44 bits per heavy atom. The monoisotopic (exact) mass is 525 g/mol. The third-order valence-electron chi connectivity index (χ3n) is 7.44. The second-order valence-electron chi connectivity index (χ2n) is 10.0. The van der Waals surface area contributed by atoms with E-state index in [4.69, 9.17) is 9.15 Å². The predicted octanol–water partition coefficient (Wildman–Crippen LogP) is 5.03. The van der Waals surface area contributed by atoms with Crippen LogP contribution in [0.15, 0.2) is 75.9 Å². The number of methoxy groups -OCH3 is 1. The lowest BCUT2D eigenvalue weighted by Crippen LogP contribution is -2.47. The number of carbonyl (C=O) groups is 1. The van der Waals surface area contributed by atoms with Crippen LogP contribution >= 0.6 is 0 Å². The van der Waals surface area contributed by atoms with Crippen LogP contribution in [0.4, 0.5) is 5.69 Å². The van der Waals surface area contributed by atoms with Gasteiger partial charge in [-0.1, -0.05) is 48.0 Å². The molecule has 7 nitrogen and oxygen atoms in total. The zero-order valence-corrected chi connectivity index (χ0v) is 22.8. The molecule has 39 heavy (non-hydrogen) atoms. The van der Waals surface area contributed by atoms with Gasteiger partial charge < -0.3 is 19.4 Å². The molecule has 0 unspecified atom stereocenters. The van der Waals surface area contributed by atoms with E-state index in [1.807, 2.05) is 49.4 Å². The molecule has 202 valence electrons. The lowest BCUT2D eigenvalue weighted by atomic mass is 10.0. The molecular weight excluding hydrogens is 490 g/mol. The summed E-state index contributed by atoms with van der Waals surface area (Å²) in [6.07, 6.45) is 0.836. The fourth-order valence-corrected chi connectivity index (χ4v) is 5.17. The number of nitrogens with zero attached hydrogens (tertiary/aromatic N) is 2. The Hall–Kier alpha value is -4.10. The number of aryl methyl sites for hydroxylation is 1. The summed E-state index contributed by atoms with van der Waals surface area (Å²) in [5.41, 5.74) is 4.20. The van der Waals surface area contributed by atoms with Gasteiger partial charge in [-0.05, 0) is 51.1 Å². The number of para-hydroxylation sites is 3. The molecular formula is C32H35N3O4. The molecule has 0 atom stereocenters. The van der Waals surface area contributed by atoms with Gasteiger partial charge in [-0.15, -0.1) is 0 Å². The smallest absolute Gasteiger partial charge is 0.255 e. The maximum absolute atomic E-state index is 13.2. The summed E-state index contributed by atoms with van der Waals surface area (Å²) in [5, 5.41) is 3.45. The number of amides is 1. The van der Waals surface area contributed by atoms with Gasteiger partial charge in [0.2, 0.25) is 0 Å². The molecule has 0 aliphatic carbocycles. The predicted molar refractivity (Wildman–Crippen MR) is 156 cm³/mol. The molecule has 1 aliphatic heterocycles. The lowest BCUT2D eigenvalue weighted by molar-refractivity contribution is 0.0952. The lowest BCUT2D eigenvalue weighted by Gasteiger charge is -2.36. The molecule has 4 aromatic rings. The van der Waals surface area contributed by atoms with Gasteiger partial charge >= 0.3 is 0 Å². The number of piperazine rings is 1. The maximum Gasteiger partial charge on any atom is 0.255 e. The molecule has 0 spiro atoms. The van der Waals surface area contributed by atoms with Crippen molar-refractivity contribution in [2.24, 2.45) is 0 Å². The Balaban J connectivity index is 1.20. The summed E-state index contributed by atoms with van der Waals surface area (Å²) in [6, 6.07) is 21.1. The molecule has 0 radical (unpaired) electrons. The Bertz CT molecular complexity index is 1520. The minimum atomic E-state index is -0.233. The molecule has 1 N–H and O–H groups in total. The molecule has 1 amide bonds. The van der Waals surface area contributed by atoms with Crippen molar-refractivity contribution < 1.29 is 13.9 Å². The molecule has 1 aliphatic rings. The van der Waals surface area contributed by atoms with Crippen LogP contribution in [-0.4, -0.2) is 57.2 Å². The van der Waals surface area contributed by atoms with E-state index < -0.39 is 0 Å². The van der Waals surface area contributed by atoms with Gasteiger partial charge in [0.05, 0.1) is 23.7 Å². The topological polar surface area (TPSA) is 75.0 Å². The minimum Gasteiger partial charge on any atom is -0.495 e. The summed E-state index contributed by atoms with van der Waals surface area (Å²) in [5.74, 6) is 1.17. The van der Waals surface area contributed by atoms with Crippen molar-refractivity contribution in [2.45, 2.75) is 20.3 Å². The van der Waals surface area contributed by atoms with Gasteiger partial charge in [0.1, 0.15) is 11.5 Å². The molecule has 0 bridgehead atoms. The van der Waals surface area contributed by atoms with Crippen molar-refractivity contribution in [2.75, 3.05) is 51.3 Å². The molecule has 1 aromatic heterocycles. The summed E-state index contributed by atoms with van der Waals surface area (Å²) in [6.45, 7) is 9.02. The minimum absolute atomic E-state index is 0.117. The first-order valence-corrected chi connectivity index (χ1v) is 13.5. The van der Waals surface area contributed by atoms with Crippen LogP contribution in [0, 0.1) is 13.8 Å². The normalized spacial score (nSPS) is 14.0. The second-order valence-corrected chi connectivity index (χ2v) is 10.0. The van der Waals surface area contributed by atoms with Crippen molar-refractivity contribution in [1.82, 2.24) is 10.2 Å². The fourth-order valence-electron chi connectivity index (χ4n) is 5.17. The van der Waals surface area contributed by atoms with Crippen LogP contribution in [0.3, 0.4) is 0 Å². The number of benzene rings is 3. The number of rotatable bonds is 8. The second kappa shape index (κ2) is 11.7. The number of fused-ring (bicyclic) bond motifs is 1. The Morgan fingerprint density at radius 2 is 1.69 bits per heavy atom. The Kier molecular flexibility index (Phi) is 7.98. The third-order valence-corrected chi connectivity index (χ3v) is 7.44. The maximum atomic E-state index is 13.2. The highest BCUT2D eigenvalue weighted by Crippen LogP contribution is 2.29. The Morgan fingerprint density at radius 1 is 0.949 bits per heavy atom. The molecule has 5 rings (SSSR count). The van der Waals surface area contributed by atoms with Gasteiger partial charge in [-0.25, -0.2) is 0 Å². The highest BCUT2D eigenvalue weighted by Gasteiger charge is 2.20. The van der Waals surface area contributed by atoms with Gasteiger partial charge in [0.15, 0.2) is 11.0 Å².